The van der Waals surface area contributed by atoms with Gasteiger partial charge in [-0.3, -0.25) is 4.79 Å². The Kier molecular flexibility index (Phi) is 3.45. The van der Waals surface area contributed by atoms with Crippen LogP contribution in [0, 0.1) is 11.8 Å². The minimum absolute atomic E-state index is 0.160. The molecule has 0 bridgehead atoms. The van der Waals surface area contributed by atoms with E-state index in [0.29, 0.717) is 17.4 Å². The third-order valence-electron chi connectivity index (χ3n) is 1.60. The molecule has 3 nitrogen and oxygen atoms in total. The third-order valence-corrected chi connectivity index (χ3v) is 1.60. The van der Waals surface area contributed by atoms with Crippen molar-refractivity contribution in [3.05, 3.63) is 35.4 Å². The van der Waals surface area contributed by atoms with Crippen LogP contribution in [0.4, 0.5) is 0 Å². The predicted octanol–water partition coefficient (Wildman–Crippen LogP) is 0.726. The maximum absolute atomic E-state index is 10.9. The highest BCUT2D eigenvalue weighted by Gasteiger charge is 2.03. The highest BCUT2D eigenvalue weighted by molar-refractivity contribution is 5.95. The number of amides is 1. The van der Waals surface area contributed by atoms with Gasteiger partial charge in [0.1, 0.15) is 6.29 Å². The van der Waals surface area contributed by atoms with E-state index >= 15 is 0 Å². The van der Waals surface area contributed by atoms with Crippen LogP contribution in [0.15, 0.2) is 24.3 Å². The number of hydrogen-bond donors (Lipinski definition) is 1. The van der Waals surface area contributed by atoms with Crippen LogP contribution in [0.5, 0.6) is 0 Å². The van der Waals surface area contributed by atoms with Crippen LogP contribution in [0.2, 0.25) is 0 Å². The molecule has 1 aromatic carbocycles. The first-order chi connectivity index (χ1) is 6.75. The lowest BCUT2D eigenvalue weighted by atomic mass is 10.1. The van der Waals surface area contributed by atoms with Gasteiger partial charge in [-0.15, -0.1) is 0 Å². The minimum Gasteiger partial charge on any atom is -0.366 e. The summed E-state index contributed by atoms with van der Waals surface area (Å²) < 4.78 is 0. The largest absolute Gasteiger partial charge is 0.366 e. The van der Waals surface area contributed by atoms with Gasteiger partial charge in [0.05, 0.1) is 12.0 Å². The lowest BCUT2D eigenvalue weighted by molar-refractivity contribution is -0.107. The molecule has 0 heterocycles. The van der Waals surface area contributed by atoms with Crippen LogP contribution >= 0.6 is 0 Å². The van der Waals surface area contributed by atoms with Gasteiger partial charge >= 0.3 is 0 Å². The lowest BCUT2D eigenvalue weighted by Gasteiger charge is -1.97. The van der Waals surface area contributed by atoms with Gasteiger partial charge in [-0.05, 0) is 12.1 Å². The molecule has 0 saturated carbocycles. The quantitative estimate of drug-likeness (QED) is 0.548. The molecule has 14 heavy (non-hydrogen) atoms. The molecular formula is C11H9NO2. The smallest absolute Gasteiger partial charge is 0.249 e. The Bertz CT molecular complexity index is 413. The van der Waals surface area contributed by atoms with E-state index in [0.717, 1.165) is 0 Å². The number of primary amides is 1. The van der Waals surface area contributed by atoms with Crippen molar-refractivity contribution in [2.24, 2.45) is 5.73 Å². The van der Waals surface area contributed by atoms with Crippen molar-refractivity contribution in [2.45, 2.75) is 6.42 Å². The summed E-state index contributed by atoms with van der Waals surface area (Å²) in [4.78, 5) is 21.0. The Morgan fingerprint density at radius 3 is 2.79 bits per heavy atom. The molecule has 2 N–H and O–H groups in total. The van der Waals surface area contributed by atoms with Crippen LogP contribution in [0.1, 0.15) is 22.3 Å². The van der Waals surface area contributed by atoms with Gasteiger partial charge in [-0.25, -0.2) is 0 Å². The van der Waals surface area contributed by atoms with E-state index in [4.69, 9.17) is 5.73 Å². The fourth-order valence-corrected chi connectivity index (χ4v) is 0.995. The van der Waals surface area contributed by atoms with Crippen molar-refractivity contribution in [3.63, 3.8) is 0 Å². The van der Waals surface area contributed by atoms with Crippen LogP contribution in [-0.4, -0.2) is 12.2 Å². The third kappa shape index (κ3) is 2.46. The van der Waals surface area contributed by atoms with Gasteiger partial charge in [-0.2, -0.15) is 0 Å². The monoisotopic (exact) mass is 187 g/mol. The molecule has 0 aromatic heterocycles. The Morgan fingerprint density at radius 1 is 1.43 bits per heavy atom. The fraction of sp³-hybridized carbons (Fsp3) is 0.0909. The van der Waals surface area contributed by atoms with Crippen molar-refractivity contribution in [1.29, 1.82) is 0 Å². The number of aldehydes is 1. The number of benzene rings is 1. The molecule has 1 aromatic rings. The summed E-state index contributed by atoms with van der Waals surface area (Å²) in [5.41, 5.74) is 6.08. The Morgan fingerprint density at radius 2 is 2.14 bits per heavy atom. The van der Waals surface area contributed by atoms with E-state index < -0.39 is 5.91 Å². The van der Waals surface area contributed by atoms with Crippen molar-refractivity contribution in [1.82, 2.24) is 0 Å². The van der Waals surface area contributed by atoms with E-state index in [9.17, 15) is 9.59 Å². The second kappa shape index (κ2) is 4.83. The summed E-state index contributed by atoms with van der Waals surface area (Å²) >= 11 is 0. The van der Waals surface area contributed by atoms with E-state index in [1.807, 2.05) is 0 Å². The Balaban J connectivity index is 3.03. The molecule has 70 valence electrons. The van der Waals surface area contributed by atoms with Gasteiger partial charge in [-0.1, -0.05) is 24.0 Å². The molecule has 0 saturated heterocycles. The molecule has 0 aliphatic rings. The summed E-state index contributed by atoms with van der Waals surface area (Å²) in [5, 5.41) is 0. The Labute approximate surface area is 81.9 Å². The molecule has 0 spiro atoms. The van der Waals surface area contributed by atoms with Gasteiger partial charge in [0.25, 0.3) is 0 Å². The van der Waals surface area contributed by atoms with Crippen molar-refractivity contribution in [3.8, 4) is 11.8 Å². The van der Waals surface area contributed by atoms with Crippen LogP contribution < -0.4 is 5.73 Å². The SMILES string of the molecule is NC(=O)c1ccccc1C#CCC=O. The molecule has 0 radical (unpaired) electrons. The number of rotatable bonds is 2. The summed E-state index contributed by atoms with van der Waals surface area (Å²) in [6.45, 7) is 0. The molecule has 0 fully saturated rings. The molecule has 0 aliphatic carbocycles. The van der Waals surface area contributed by atoms with Gasteiger partial charge in [0, 0.05) is 5.56 Å². The number of hydrogen-bond acceptors (Lipinski definition) is 2. The second-order valence-corrected chi connectivity index (χ2v) is 2.58. The predicted molar refractivity (Wildman–Crippen MR) is 52.5 cm³/mol. The summed E-state index contributed by atoms with van der Waals surface area (Å²) in [5.74, 6) is 4.82. The standard InChI is InChI=1S/C11H9NO2/c12-11(14)10-7-2-1-5-9(10)6-3-4-8-13/h1-2,5,7-8H,4H2,(H2,12,14). The second-order valence-electron chi connectivity index (χ2n) is 2.58. The van der Waals surface area contributed by atoms with Crippen molar-refractivity contribution < 1.29 is 9.59 Å². The van der Waals surface area contributed by atoms with Crippen molar-refractivity contribution >= 4 is 12.2 Å². The highest BCUT2D eigenvalue weighted by atomic mass is 16.1. The van der Waals surface area contributed by atoms with E-state index in [2.05, 4.69) is 11.8 Å². The maximum Gasteiger partial charge on any atom is 0.249 e. The molecule has 3 heteroatoms. The van der Waals surface area contributed by atoms with Gasteiger partial charge in [0.2, 0.25) is 5.91 Å². The number of carbonyl (C=O) groups is 2. The molecule has 0 unspecified atom stereocenters. The summed E-state index contributed by atoms with van der Waals surface area (Å²) in [7, 11) is 0. The normalized spacial score (nSPS) is 8.57. The van der Waals surface area contributed by atoms with E-state index in [-0.39, 0.29) is 6.42 Å². The molecule has 0 aliphatic heterocycles. The molecule has 0 atom stereocenters. The van der Waals surface area contributed by atoms with Crippen molar-refractivity contribution in [2.75, 3.05) is 0 Å². The first-order valence-electron chi connectivity index (χ1n) is 4.07. The molecule has 1 rings (SSSR count). The topological polar surface area (TPSA) is 60.2 Å². The maximum atomic E-state index is 10.9. The summed E-state index contributed by atoms with van der Waals surface area (Å²) in [6.07, 6.45) is 0.868. The van der Waals surface area contributed by atoms with Crippen LogP contribution in [0.3, 0.4) is 0 Å². The zero-order valence-corrected chi connectivity index (χ0v) is 7.49. The first-order valence-corrected chi connectivity index (χ1v) is 4.07. The number of nitrogens with two attached hydrogens (primary N) is 1. The van der Waals surface area contributed by atoms with E-state index in [1.165, 1.54) is 0 Å². The van der Waals surface area contributed by atoms with Crippen LogP contribution in [0.25, 0.3) is 0 Å². The zero-order chi connectivity index (χ0) is 10.4. The molecular weight excluding hydrogens is 178 g/mol. The number of carbonyl (C=O) groups excluding carboxylic acids is 2. The van der Waals surface area contributed by atoms with Gasteiger partial charge in [0.15, 0.2) is 0 Å². The minimum atomic E-state index is -0.513. The Hall–Kier alpha value is -2.08. The highest BCUT2D eigenvalue weighted by Crippen LogP contribution is 2.05. The van der Waals surface area contributed by atoms with Crippen LogP contribution in [-0.2, 0) is 4.79 Å². The lowest BCUT2D eigenvalue weighted by Crippen LogP contribution is -2.12. The average molecular weight is 187 g/mol. The first kappa shape index (κ1) is 10.0. The average Bonchev–Trinajstić information content (AvgIpc) is 2.19. The van der Waals surface area contributed by atoms with E-state index in [1.54, 1.807) is 24.3 Å². The zero-order valence-electron chi connectivity index (χ0n) is 7.49. The van der Waals surface area contributed by atoms with Gasteiger partial charge < -0.3 is 10.5 Å². The molecule has 1 amide bonds. The summed E-state index contributed by atoms with van der Waals surface area (Å²) in [6, 6.07) is 6.77. The fourth-order valence-electron chi connectivity index (χ4n) is 0.995.